The van der Waals surface area contributed by atoms with E-state index >= 15 is 0 Å². The van der Waals surface area contributed by atoms with E-state index in [0.29, 0.717) is 5.75 Å². The monoisotopic (exact) mass is 368 g/mol. The maximum Gasteiger partial charge on any atom is 0.126 e. The Labute approximate surface area is 164 Å². The number of aryl methyl sites for hydroxylation is 1. The molecule has 1 heterocycles. The number of hydrogen-bond acceptors (Lipinski definition) is 3. The molecule has 4 nitrogen and oxygen atoms in total. The molecule has 2 aromatic carbocycles. The van der Waals surface area contributed by atoms with E-state index in [1.54, 1.807) is 4.90 Å². The number of aromatic hydroxyl groups is 1. The SMILES string of the molecule is CCN(CC)c1ccc(C[NH+]2CCN(c3cccc(C)c3C)CC2)c(O)c1. The Morgan fingerprint density at radius 1 is 1.04 bits per heavy atom. The van der Waals surface area contributed by atoms with Gasteiger partial charge in [-0.1, -0.05) is 12.1 Å². The Kier molecular flexibility index (Phi) is 6.27. The van der Waals surface area contributed by atoms with Crippen molar-refractivity contribution < 1.29 is 10.0 Å². The highest BCUT2D eigenvalue weighted by atomic mass is 16.3. The second kappa shape index (κ2) is 8.66. The number of rotatable bonds is 6. The average Bonchev–Trinajstić information content (AvgIpc) is 2.68. The average molecular weight is 369 g/mol. The highest BCUT2D eigenvalue weighted by Crippen LogP contribution is 2.25. The summed E-state index contributed by atoms with van der Waals surface area (Å²) in [6.07, 6.45) is 0. The zero-order valence-corrected chi connectivity index (χ0v) is 17.3. The van der Waals surface area contributed by atoms with Crippen molar-refractivity contribution >= 4 is 11.4 Å². The molecule has 0 bridgehead atoms. The lowest BCUT2D eigenvalue weighted by Crippen LogP contribution is -3.13. The van der Waals surface area contributed by atoms with E-state index in [9.17, 15) is 5.11 Å². The first-order valence-corrected chi connectivity index (χ1v) is 10.2. The fraction of sp³-hybridized carbons (Fsp3) is 0.478. The lowest BCUT2D eigenvalue weighted by Gasteiger charge is -2.35. The third kappa shape index (κ3) is 4.38. The molecule has 4 heteroatoms. The number of nitrogens with zero attached hydrogens (tertiary/aromatic N) is 2. The van der Waals surface area contributed by atoms with Crippen LogP contribution in [0.2, 0.25) is 0 Å². The number of nitrogens with one attached hydrogen (secondary N) is 1. The van der Waals surface area contributed by atoms with Crippen LogP contribution in [0.5, 0.6) is 5.75 Å². The minimum Gasteiger partial charge on any atom is -0.507 e. The van der Waals surface area contributed by atoms with Gasteiger partial charge in [0, 0.05) is 36.1 Å². The van der Waals surface area contributed by atoms with Gasteiger partial charge in [0.25, 0.3) is 0 Å². The van der Waals surface area contributed by atoms with Gasteiger partial charge in [-0.2, -0.15) is 0 Å². The van der Waals surface area contributed by atoms with E-state index in [1.165, 1.54) is 16.8 Å². The molecule has 0 spiro atoms. The molecule has 1 fully saturated rings. The maximum atomic E-state index is 10.5. The first-order valence-electron chi connectivity index (χ1n) is 10.2. The van der Waals surface area contributed by atoms with Crippen LogP contribution in [-0.2, 0) is 6.54 Å². The molecule has 1 aliphatic heterocycles. The van der Waals surface area contributed by atoms with Crippen LogP contribution >= 0.6 is 0 Å². The Morgan fingerprint density at radius 3 is 2.37 bits per heavy atom. The van der Waals surface area contributed by atoms with Crippen LogP contribution in [0.3, 0.4) is 0 Å². The third-order valence-electron chi connectivity index (χ3n) is 6.03. The van der Waals surface area contributed by atoms with Crippen LogP contribution in [0.25, 0.3) is 0 Å². The van der Waals surface area contributed by atoms with Crippen LogP contribution in [-0.4, -0.2) is 44.4 Å². The summed E-state index contributed by atoms with van der Waals surface area (Å²) < 4.78 is 0. The van der Waals surface area contributed by atoms with E-state index in [1.807, 2.05) is 6.07 Å². The topological polar surface area (TPSA) is 31.2 Å². The van der Waals surface area contributed by atoms with Crippen LogP contribution < -0.4 is 14.7 Å². The highest BCUT2D eigenvalue weighted by Gasteiger charge is 2.22. The molecular formula is C23H34N3O+. The normalized spacial score (nSPS) is 15.2. The largest absolute Gasteiger partial charge is 0.507 e. The number of benzene rings is 2. The van der Waals surface area contributed by atoms with Crippen LogP contribution in [0, 0.1) is 13.8 Å². The molecule has 0 aliphatic carbocycles. The Hall–Kier alpha value is -2.20. The molecule has 1 saturated heterocycles. The molecule has 27 heavy (non-hydrogen) atoms. The van der Waals surface area contributed by atoms with Crippen LogP contribution in [0.15, 0.2) is 36.4 Å². The van der Waals surface area contributed by atoms with Gasteiger partial charge in [-0.05, 0) is 57.0 Å². The minimum absolute atomic E-state index is 0.434. The fourth-order valence-electron chi connectivity index (χ4n) is 4.08. The third-order valence-corrected chi connectivity index (χ3v) is 6.03. The summed E-state index contributed by atoms with van der Waals surface area (Å²) in [6.45, 7) is 15.9. The van der Waals surface area contributed by atoms with E-state index < -0.39 is 0 Å². The van der Waals surface area contributed by atoms with E-state index in [-0.39, 0.29) is 0 Å². The molecule has 1 aliphatic rings. The molecule has 146 valence electrons. The molecule has 0 aromatic heterocycles. The number of phenolic OH excluding ortho intramolecular Hbond substituents is 1. The predicted octanol–water partition coefficient (Wildman–Crippen LogP) is 2.76. The minimum atomic E-state index is 0.434. The van der Waals surface area contributed by atoms with Gasteiger partial charge in [0.15, 0.2) is 0 Å². The van der Waals surface area contributed by atoms with Crippen molar-refractivity contribution in [3.63, 3.8) is 0 Å². The molecule has 0 amide bonds. The predicted molar refractivity (Wildman–Crippen MR) is 114 cm³/mol. The van der Waals surface area contributed by atoms with Crippen molar-refractivity contribution in [2.45, 2.75) is 34.2 Å². The van der Waals surface area contributed by atoms with Crippen molar-refractivity contribution in [3.8, 4) is 5.75 Å². The second-order valence-corrected chi connectivity index (χ2v) is 7.62. The van der Waals surface area contributed by atoms with Gasteiger partial charge in [-0.3, -0.25) is 0 Å². The lowest BCUT2D eigenvalue weighted by molar-refractivity contribution is -0.914. The van der Waals surface area contributed by atoms with Crippen molar-refractivity contribution in [1.82, 2.24) is 0 Å². The van der Waals surface area contributed by atoms with Gasteiger partial charge in [-0.15, -0.1) is 0 Å². The molecule has 0 atom stereocenters. The molecule has 3 rings (SSSR count). The molecule has 2 N–H and O–H groups in total. The summed E-state index contributed by atoms with van der Waals surface area (Å²) in [5.41, 5.74) is 6.30. The summed E-state index contributed by atoms with van der Waals surface area (Å²) >= 11 is 0. The Bertz CT molecular complexity index is 762. The molecule has 0 saturated carbocycles. The number of quaternary nitrogens is 1. The van der Waals surface area contributed by atoms with E-state index in [2.05, 4.69) is 67.8 Å². The fourth-order valence-corrected chi connectivity index (χ4v) is 4.08. The quantitative estimate of drug-likeness (QED) is 0.822. The van der Waals surface area contributed by atoms with Gasteiger partial charge in [0.1, 0.15) is 12.3 Å². The summed E-state index contributed by atoms with van der Waals surface area (Å²) in [7, 11) is 0. The maximum absolute atomic E-state index is 10.5. The molecule has 2 aromatic rings. The van der Waals surface area contributed by atoms with Gasteiger partial charge >= 0.3 is 0 Å². The molecular weight excluding hydrogens is 334 g/mol. The highest BCUT2D eigenvalue weighted by molar-refractivity contribution is 5.56. The lowest BCUT2D eigenvalue weighted by atomic mass is 10.1. The first kappa shape index (κ1) is 19.6. The zero-order valence-electron chi connectivity index (χ0n) is 17.3. The van der Waals surface area contributed by atoms with Crippen LogP contribution in [0.1, 0.15) is 30.5 Å². The Morgan fingerprint density at radius 2 is 1.74 bits per heavy atom. The van der Waals surface area contributed by atoms with Crippen molar-refractivity contribution in [2.75, 3.05) is 49.1 Å². The molecule has 0 radical (unpaired) electrons. The van der Waals surface area contributed by atoms with Crippen molar-refractivity contribution in [2.24, 2.45) is 0 Å². The summed E-state index contributed by atoms with van der Waals surface area (Å²) in [5.74, 6) is 0.434. The van der Waals surface area contributed by atoms with Gasteiger partial charge < -0.3 is 19.8 Å². The first-order chi connectivity index (χ1) is 13.0. The number of phenols is 1. The number of anilines is 2. The van der Waals surface area contributed by atoms with Gasteiger partial charge in [0.05, 0.1) is 26.2 Å². The molecule has 0 unspecified atom stereocenters. The van der Waals surface area contributed by atoms with Crippen molar-refractivity contribution in [1.29, 1.82) is 0 Å². The van der Waals surface area contributed by atoms with Gasteiger partial charge in [0.2, 0.25) is 0 Å². The number of piperazine rings is 1. The summed E-state index contributed by atoms with van der Waals surface area (Å²) in [5, 5.41) is 10.5. The standard InChI is InChI=1S/C23H33N3O/c1-5-25(6-2)21-11-10-20(23(27)16-21)17-24-12-14-26(15-13-24)22-9-7-8-18(3)19(22)4/h7-11,16,27H,5-6,12-15,17H2,1-4H3/p+1. The van der Waals surface area contributed by atoms with E-state index in [0.717, 1.165) is 57.1 Å². The smallest absolute Gasteiger partial charge is 0.126 e. The number of hydrogen-bond donors (Lipinski definition) is 2. The summed E-state index contributed by atoms with van der Waals surface area (Å²) in [4.78, 5) is 6.32. The van der Waals surface area contributed by atoms with Crippen molar-refractivity contribution in [3.05, 3.63) is 53.1 Å². The van der Waals surface area contributed by atoms with Gasteiger partial charge in [-0.25, -0.2) is 0 Å². The second-order valence-electron chi connectivity index (χ2n) is 7.62. The van der Waals surface area contributed by atoms with Crippen LogP contribution in [0.4, 0.5) is 11.4 Å². The zero-order chi connectivity index (χ0) is 19.4. The Balaban J connectivity index is 1.61. The summed E-state index contributed by atoms with van der Waals surface area (Å²) in [6, 6.07) is 12.8. The van der Waals surface area contributed by atoms with E-state index in [4.69, 9.17) is 0 Å².